The summed E-state index contributed by atoms with van der Waals surface area (Å²) in [6.07, 6.45) is 10.3. The largest absolute Gasteiger partial charge is 0.460 e. The average molecular weight is 1250 g/mol. The maximum atomic E-state index is 14.6. The molecule has 88 heavy (non-hydrogen) atoms. The number of hydrogen-bond acceptors (Lipinski definition) is 21. The molecule has 2 saturated heterocycles. The van der Waals surface area contributed by atoms with E-state index in [0.717, 1.165) is 5.57 Å². The zero-order chi connectivity index (χ0) is 64.4. The SMILES string of the molecule is CO[C@@H]1C[C@H](C[C@@H](C)[C@@H]2CC(=O)[C@H](C)/C=C(\C)[C@@H](O)[C@@H](OC)C(=O)[C@H](C)C[C@H](C)/C=C/C=C/C=C(\C)[C@@H](OCCOCCOCCOCCOCCOCCOCCOCCO)C[C@@H]3CC[C@@H](C)[C@@](O)(O3)C(=O)C(=O)N3CCCC[C@H]3C(=O)O2)CC[C@H]1O. The highest BCUT2D eigenvalue weighted by molar-refractivity contribution is 6.39. The van der Waals surface area contributed by atoms with E-state index in [9.17, 15) is 39.3 Å². The van der Waals surface area contributed by atoms with Gasteiger partial charge in [0.2, 0.25) is 5.79 Å². The molecule has 3 aliphatic heterocycles. The minimum atomic E-state index is -2.51. The lowest BCUT2D eigenvalue weighted by atomic mass is 9.78. The maximum absolute atomic E-state index is 14.6. The van der Waals surface area contributed by atoms with Gasteiger partial charge in [0.05, 0.1) is 130 Å². The highest BCUT2D eigenvalue weighted by atomic mass is 16.6. The number of aliphatic hydroxyl groups excluding tert-OH is 3. The minimum Gasteiger partial charge on any atom is -0.460 e. The number of cyclic esters (lactones) is 1. The van der Waals surface area contributed by atoms with Crippen LogP contribution in [0.3, 0.4) is 0 Å². The van der Waals surface area contributed by atoms with E-state index in [-0.39, 0.29) is 81.1 Å². The third kappa shape index (κ3) is 26.5. The Balaban J connectivity index is 1.46. The fourth-order valence-corrected chi connectivity index (χ4v) is 11.8. The van der Waals surface area contributed by atoms with Gasteiger partial charge >= 0.3 is 5.97 Å². The Morgan fingerprint density at radius 2 is 1.27 bits per heavy atom. The summed E-state index contributed by atoms with van der Waals surface area (Å²) in [5, 5.41) is 43.1. The summed E-state index contributed by atoms with van der Waals surface area (Å²) in [4.78, 5) is 73.0. The van der Waals surface area contributed by atoms with Crippen molar-refractivity contribution >= 4 is 29.2 Å². The molecule has 4 N–H and O–H groups in total. The Bertz CT molecular complexity index is 2170. The lowest BCUT2D eigenvalue weighted by molar-refractivity contribution is -0.266. The summed E-state index contributed by atoms with van der Waals surface area (Å²) in [6.45, 7) is 18.2. The van der Waals surface area contributed by atoms with Crippen LogP contribution in [0.25, 0.3) is 0 Å². The third-order valence-corrected chi connectivity index (χ3v) is 17.2. The van der Waals surface area contributed by atoms with Crippen molar-refractivity contribution in [3.63, 3.8) is 0 Å². The van der Waals surface area contributed by atoms with Crippen LogP contribution in [0.5, 0.6) is 0 Å². The first kappa shape index (κ1) is 76.8. The van der Waals surface area contributed by atoms with Gasteiger partial charge in [-0.05, 0) is 107 Å². The first-order valence-corrected chi connectivity index (χ1v) is 32.2. The number of amides is 1. The highest BCUT2D eigenvalue weighted by Gasteiger charge is 2.53. The van der Waals surface area contributed by atoms with Crippen LogP contribution < -0.4 is 0 Å². The Kier molecular flexibility index (Phi) is 37.0. The number of Topliss-reactive ketones (excluding diaryl/α,β-unsaturated/α-hetero) is 3. The second kappa shape index (κ2) is 42.4. The Hall–Kier alpha value is -3.69. The second-order valence-electron chi connectivity index (χ2n) is 24.2. The zero-order valence-corrected chi connectivity index (χ0v) is 54.2. The van der Waals surface area contributed by atoms with Crippen LogP contribution in [0.15, 0.2) is 47.6 Å². The molecule has 0 unspecified atom stereocenters. The van der Waals surface area contributed by atoms with Crippen LogP contribution in [0.2, 0.25) is 0 Å². The number of methoxy groups -OCH3 is 2. The number of esters is 1. The van der Waals surface area contributed by atoms with Crippen molar-refractivity contribution < 1.29 is 101 Å². The van der Waals surface area contributed by atoms with Crippen LogP contribution in [-0.2, 0) is 80.8 Å². The number of aliphatic hydroxyl groups is 4. The number of allylic oxidation sites excluding steroid dienone is 6. The molecule has 0 spiro atoms. The van der Waals surface area contributed by atoms with E-state index < -0.39 is 83.9 Å². The lowest BCUT2D eigenvalue weighted by Gasteiger charge is -2.43. The molecule has 2 bridgehead atoms. The molecule has 0 aromatic heterocycles. The number of hydrogen-bond donors (Lipinski definition) is 4. The molecule has 1 amide bonds. The Morgan fingerprint density at radius 3 is 1.85 bits per heavy atom. The molecule has 3 fully saturated rings. The Labute approximate surface area is 523 Å². The van der Waals surface area contributed by atoms with E-state index in [1.54, 1.807) is 40.9 Å². The van der Waals surface area contributed by atoms with E-state index in [1.165, 1.54) is 12.0 Å². The lowest BCUT2D eigenvalue weighted by Crippen LogP contribution is -2.61. The number of piperidine rings is 1. The van der Waals surface area contributed by atoms with E-state index in [0.29, 0.717) is 149 Å². The number of nitrogens with zero attached hydrogens (tertiary/aromatic N) is 1. The van der Waals surface area contributed by atoms with Gasteiger partial charge in [-0.1, -0.05) is 71.1 Å². The minimum absolute atomic E-state index is 0.0115. The molecule has 22 heteroatoms. The first-order chi connectivity index (χ1) is 42.2. The van der Waals surface area contributed by atoms with E-state index in [4.69, 9.17) is 61.9 Å². The Morgan fingerprint density at radius 1 is 0.682 bits per heavy atom. The fraction of sp³-hybridized carbons (Fsp3) is 0.803. The molecular formula is C66H109NO21. The molecule has 4 rings (SSSR count). The van der Waals surface area contributed by atoms with Crippen molar-refractivity contribution in [3.8, 4) is 0 Å². The zero-order valence-electron chi connectivity index (χ0n) is 54.2. The van der Waals surface area contributed by atoms with Gasteiger partial charge in [-0.3, -0.25) is 19.2 Å². The van der Waals surface area contributed by atoms with E-state index >= 15 is 0 Å². The van der Waals surface area contributed by atoms with Gasteiger partial charge in [0.15, 0.2) is 5.78 Å². The summed E-state index contributed by atoms with van der Waals surface area (Å²) >= 11 is 0. The summed E-state index contributed by atoms with van der Waals surface area (Å²) in [6, 6.07) is -1.19. The molecule has 0 aromatic rings. The fourth-order valence-electron chi connectivity index (χ4n) is 11.8. The number of fused-ring (bicyclic) bond motifs is 3. The van der Waals surface area contributed by atoms with Gasteiger partial charge in [0.1, 0.15) is 30.1 Å². The van der Waals surface area contributed by atoms with Gasteiger partial charge in [0.25, 0.3) is 11.7 Å². The molecule has 504 valence electrons. The molecule has 0 radical (unpaired) electrons. The number of carbonyl (C=O) groups excluding carboxylic acids is 5. The van der Waals surface area contributed by atoms with Gasteiger partial charge in [-0.2, -0.15) is 0 Å². The van der Waals surface area contributed by atoms with Crippen molar-refractivity contribution in [2.45, 2.75) is 180 Å². The summed E-state index contributed by atoms with van der Waals surface area (Å²) < 4.78 is 68.9. The second-order valence-corrected chi connectivity index (χ2v) is 24.2. The molecular weight excluding hydrogens is 1140 g/mol. The van der Waals surface area contributed by atoms with E-state index in [2.05, 4.69) is 0 Å². The van der Waals surface area contributed by atoms with Crippen molar-refractivity contribution in [2.24, 2.45) is 35.5 Å². The quantitative estimate of drug-likeness (QED) is 0.0304. The molecule has 15 atom stereocenters. The molecule has 22 nitrogen and oxygen atoms in total. The molecule has 1 aliphatic carbocycles. The smallest absolute Gasteiger partial charge is 0.329 e. The van der Waals surface area contributed by atoms with Crippen molar-refractivity contribution in [1.82, 2.24) is 4.90 Å². The summed E-state index contributed by atoms with van der Waals surface area (Å²) in [5.74, 6) is -8.43. The molecule has 3 heterocycles. The first-order valence-electron chi connectivity index (χ1n) is 32.2. The molecule has 1 saturated carbocycles. The molecule has 0 aromatic carbocycles. The van der Waals surface area contributed by atoms with Gasteiger partial charge in [0, 0.05) is 51.4 Å². The molecule has 4 aliphatic rings. The topological polar surface area (TPSA) is 280 Å². The predicted octanol–water partition coefficient (Wildman–Crippen LogP) is 5.66. The highest BCUT2D eigenvalue weighted by Crippen LogP contribution is 2.38. The predicted molar refractivity (Wildman–Crippen MR) is 327 cm³/mol. The third-order valence-electron chi connectivity index (χ3n) is 17.2. The van der Waals surface area contributed by atoms with Crippen molar-refractivity contribution in [1.29, 1.82) is 0 Å². The van der Waals surface area contributed by atoms with Gasteiger partial charge < -0.3 is 82.2 Å². The van der Waals surface area contributed by atoms with Crippen LogP contribution in [0, 0.1) is 35.5 Å². The van der Waals surface area contributed by atoms with Crippen LogP contribution >= 0.6 is 0 Å². The maximum Gasteiger partial charge on any atom is 0.329 e. The average Bonchev–Trinajstić information content (AvgIpc) is 1.71. The van der Waals surface area contributed by atoms with Gasteiger partial charge in [-0.25, -0.2) is 4.79 Å². The van der Waals surface area contributed by atoms with E-state index in [1.807, 2.05) is 51.2 Å². The normalized spacial score (nSPS) is 33.0. The number of rotatable bonds is 29. The number of ether oxygens (including phenoxy) is 12. The van der Waals surface area contributed by atoms with Crippen LogP contribution in [0.4, 0.5) is 0 Å². The number of carbonyl (C=O) groups is 5. The van der Waals surface area contributed by atoms with Gasteiger partial charge in [-0.15, -0.1) is 0 Å². The van der Waals surface area contributed by atoms with Crippen molar-refractivity contribution in [2.75, 3.05) is 126 Å². The van der Waals surface area contributed by atoms with Crippen LogP contribution in [0.1, 0.15) is 126 Å². The standard InChI is InChI=1S/C66H109NO21/c1-45-15-11-10-12-16-46(2)57(86-38-37-85-36-35-84-34-33-83-32-31-82-30-29-81-28-27-80-26-25-79-24-23-68)43-53-20-18-51(7)66(76,88-53)63(73)64(74)67-22-14-13-17-54(67)65(75)87-58(48(4)41-52-19-21-55(69)59(42-52)77-8)44-56(70)47(3)40-50(6)61(72)62(78-9)60(71)49(5)39-45/h10-12,15-16,40,45,47-49,51-55,57-59,61-62,68-69,72,76H,13-14,17-39,41-44H2,1-9H3/b12-10+,15-11+,46-16+,50-40+/t45-,47-,48-,49-,51-,52+,53+,54+,55-,57+,58+,59-,61-,62+,66-/m1/s1. The summed E-state index contributed by atoms with van der Waals surface area (Å²) in [5.41, 5.74) is 1.19. The van der Waals surface area contributed by atoms with Crippen molar-refractivity contribution in [3.05, 3.63) is 47.6 Å². The monoisotopic (exact) mass is 1250 g/mol. The number of ketones is 3. The summed E-state index contributed by atoms with van der Waals surface area (Å²) in [7, 11) is 2.93. The van der Waals surface area contributed by atoms with Crippen LogP contribution in [-0.4, -0.2) is 236 Å².